The standard InChI is InChI=1S/C11H8ClFO/c1-3-8(2)14-11-7-5-9(12)4-6-10(11)13/h1,5,7-9H,2H3. The minimum absolute atomic E-state index is 0.0334. The summed E-state index contributed by atoms with van der Waals surface area (Å²) in [5.41, 5.74) is 0. The molecule has 0 amide bonds. The Labute approximate surface area is 87.6 Å². The molecule has 2 unspecified atom stereocenters. The van der Waals surface area contributed by atoms with Crippen LogP contribution >= 0.6 is 11.6 Å². The fourth-order valence-corrected chi connectivity index (χ4v) is 0.930. The smallest absolute Gasteiger partial charge is 0.215 e. The van der Waals surface area contributed by atoms with Gasteiger partial charge in [0.2, 0.25) is 5.83 Å². The van der Waals surface area contributed by atoms with E-state index in [4.69, 9.17) is 22.8 Å². The van der Waals surface area contributed by atoms with Gasteiger partial charge in [0, 0.05) is 0 Å². The predicted octanol–water partition coefficient (Wildman–Crippen LogP) is 2.39. The highest BCUT2D eigenvalue weighted by Gasteiger charge is 2.09. The van der Waals surface area contributed by atoms with Gasteiger partial charge in [0.15, 0.2) is 11.9 Å². The molecule has 0 bridgehead atoms. The quantitative estimate of drug-likeness (QED) is 0.502. The second-order valence-corrected chi connectivity index (χ2v) is 3.11. The number of halogens is 2. The van der Waals surface area contributed by atoms with Crippen molar-refractivity contribution in [3.05, 3.63) is 23.7 Å². The maximum absolute atomic E-state index is 13.2. The summed E-state index contributed by atoms with van der Waals surface area (Å²) in [6.07, 6.45) is 7.57. The van der Waals surface area contributed by atoms with Crippen LogP contribution in [-0.4, -0.2) is 11.5 Å². The lowest BCUT2D eigenvalue weighted by Crippen LogP contribution is -2.04. The molecule has 0 aromatic heterocycles. The molecule has 0 spiro atoms. The fourth-order valence-electron chi connectivity index (χ4n) is 0.803. The van der Waals surface area contributed by atoms with Crippen LogP contribution in [0.5, 0.6) is 0 Å². The SMILES string of the molecule is C#CC(C)OC1=C(F)C#CC(Cl)C=C1. The third kappa shape index (κ3) is 2.83. The zero-order valence-electron chi connectivity index (χ0n) is 7.55. The summed E-state index contributed by atoms with van der Waals surface area (Å²) in [5, 5.41) is -0.497. The van der Waals surface area contributed by atoms with Crippen molar-refractivity contribution in [1.82, 2.24) is 0 Å². The van der Waals surface area contributed by atoms with Crippen LogP contribution in [-0.2, 0) is 4.74 Å². The average molecular weight is 211 g/mol. The van der Waals surface area contributed by atoms with Gasteiger partial charge in [-0.3, -0.25) is 0 Å². The Kier molecular flexibility index (Phi) is 3.63. The Bertz CT molecular complexity index is 378. The molecule has 0 aromatic rings. The lowest BCUT2D eigenvalue weighted by molar-refractivity contribution is 0.181. The van der Waals surface area contributed by atoms with Gasteiger partial charge < -0.3 is 4.74 Å². The van der Waals surface area contributed by atoms with E-state index in [0.717, 1.165) is 0 Å². The Morgan fingerprint density at radius 3 is 3.14 bits per heavy atom. The van der Waals surface area contributed by atoms with E-state index in [1.54, 1.807) is 13.0 Å². The predicted molar refractivity (Wildman–Crippen MR) is 54.1 cm³/mol. The van der Waals surface area contributed by atoms with Gasteiger partial charge in [-0.15, -0.1) is 18.0 Å². The summed E-state index contributed by atoms with van der Waals surface area (Å²) >= 11 is 5.67. The summed E-state index contributed by atoms with van der Waals surface area (Å²) in [5.74, 6) is 6.44. The molecule has 14 heavy (non-hydrogen) atoms. The number of terminal acetylenes is 1. The molecular weight excluding hydrogens is 203 g/mol. The van der Waals surface area contributed by atoms with Crippen molar-refractivity contribution in [1.29, 1.82) is 0 Å². The third-order valence-corrected chi connectivity index (χ3v) is 1.75. The van der Waals surface area contributed by atoms with E-state index < -0.39 is 17.3 Å². The van der Waals surface area contributed by atoms with E-state index >= 15 is 0 Å². The molecule has 0 fully saturated rings. The van der Waals surface area contributed by atoms with Crippen LogP contribution in [0.15, 0.2) is 23.7 Å². The minimum atomic E-state index is -0.647. The number of alkyl halides is 1. The first-order chi connectivity index (χ1) is 6.63. The highest BCUT2D eigenvalue weighted by Crippen LogP contribution is 2.15. The van der Waals surface area contributed by atoms with Crippen LogP contribution in [0.25, 0.3) is 0 Å². The lowest BCUT2D eigenvalue weighted by Gasteiger charge is -2.08. The number of hydrogen-bond acceptors (Lipinski definition) is 1. The van der Waals surface area contributed by atoms with Gasteiger partial charge >= 0.3 is 0 Å². The van der Waals surface area contributed by atoms with E-state index in [1.165, 1.54) is 6.08 Å². The van der Waals surface area contributed by atoms with Gasteiger partial charge in [0.1, 0.15) is 5.38 Å². The lowest BCUT2D eigenvalue weighted by atomic mass is 10.3. The summed E-state index contributed by atoms with van der Waals surface area (Å²) in [6, 6.07) is 0. The molecule has 1 aliphatic carbocycles. The molecule has 0 N–H and O–H groups in total. The largest absolute Gasteiger partial charge is 0.474 e. The maximum atomic E-state index is 13.2. The van der Waals surface area contributed by atoms with Crippen LogP contribution in [0, 0.1) is 24.2 Å². The van der Waals surface area contributed by atoms with E-state index in [0.29, 0.717) is 0 Å². The first kappa shape index (κ1) is 10.7. The molecule has 72 valence electrons. The van der Waals surface area contributed by atoms with Crippen molar-refractivity contribution in [2.75, 3.05) is 0 Å². The van der Waals surface area contributed by atoms with E-state index in [9.17, 15) is 4.39 Å². The second kappa shape index (κ2) is 4.74. The van der Waals surface area contributed by atoms with Crippen molar-refractivity contribution in [2.45, 2.75) is 18.4 Å². The normalized spacial score (nSPS) is 21.7. The van der Waals surface area contributed by atoms with Gasteiger partial charge in [-0.2, -0.15) is 4.39 Å². The molecule has 0 saturated carbocycles. The first-order valence-corrected chi connectivity index (χ1v) is 4.43. The first-order valence-electron chi connectivity index (χ1n) is 4.00. The molecular formula is C11H8ClFO. The van der Waals surface area contributed by atoms with Gasteiger partial charge in [-0.1, -0.05) is 17.9 Å². The molecule has 0 aliphatic heterocycles. The molecule has 2 atom stereocenters. The number of ether oxygens (including phenoxy) is 1. The molecule has 0 saturated heterocycles. The highest BCUT2D eigenvalue weighted by molar-refractivity contribution is 6.23. The number of rotatable bonds is 2. The molecule has 0 aromatic carbocycles. The molecule has 0 heterocycles. The van der Waals surface area contributed by atoms with Crippen molar-refractivity contribution in [3.63, 3.8) is 0 Å². The Balaban J connectivity index is 2.85. The Morgan fingerprint density at radius 2 is 2.50 bits per heavy atom. The third-order valence-electron chi connectivity index (χ3n) is 1.49. The van der Waals surface area contributed by atoms with Crippen LogP contribution in [0.2, 0.25) is 0 Å². The van der Waals surface area contributed by atoms with Crippen molar-refractivity contribution >= 4 is 11.6 Å². The number of allylic oxidation sites excluding steroid dienone is 3. The molecule has 3 heteroatoms. The van der Waals surface area contributed by atoms with Crippen molar-refractivity contribution < 1.29 is 9.13 Å². The van der Waals surface area contributed by atoms with Crippen LogP contribution in [0.4, 0.5) is 4.39 Å². The van der Waals surface area contributed by atoms with E-state index in [-0.39, 0.29) is 5.76 Å². The van der Waals surface area contributed by atoms with E-state index in [1.807, 2.05) is 0 Å². The van der Waals surface area contributed by atoms with Gasteiger partial charge in [-0.05, 0) is 18.9 Å². The van der Waals surface area contributed by atoms with Gasteiger partial charge in [0.05, 0.1) is 0 Å². The monoisotopic (exact) mass is 210 g/mol. The molecule has 1 rings (SSSR count). The number of hydrogen-bond donors (Lipinski definition) is 0. The van der Waals surface area contributed by atoms with Crippen LogP contribution < -0.4 is 0 Å². The summed E-state index contributed by atoms with van der Waals surface area (Å²) in [4.78, 5) is 0. The highest BCUT2D eigenvalue weighted by atomic mass is 35.5. The van der Waals surface area contributed by atoms with Gasteiger partial charge in [0.25, 0.3) is 0 Å². The summed E-state index contributed by atoms with van der Waals surface area (Å²) in [6.45, 7) is 1.64. The topological polar surface area (TPSA) is 9.23 Å². The van der Waals surface area contributed by atoms with Crippen molar-refractivity contribution in [2.24, 2.45) is 0 Å². The summed E-state index contributed by atoms with van der Waals surface area (Å²) < 4.78 is 18.3. The fraction of sp³-hybridized carbons (Fsp3) is 0.273. The van der Waals surface area contributed by atoms with Gasteiger partial charge in [-0.25, -0.2) is 0 Å². The maximum Gasteiger partial charge on any atom is 0.215 e. The van der Waals surface area contributed by atoms with E-state index in [2.05, 4.69) is 17.8 Å². The molecule has 0 radical (unpaired) electrons. The Hall–Kier alpha value is -1.38. The summed E-state index contributed by atoms with van der Waals surface area (Å²) in [7, 11) is 0. The molecule has 1 aliphatic rings. The minimum Gasteiger partial charge on any atom is -0.474 e. The van der Waals surface area contributed by atoms with Crippen LogP contribution in [0.3, 0.4) is 0 Å². The second-order valence-electron chi connectivity index (χ2n) is 2.64. The zero-order chi connectivity index (χ0) is 10.6. The van der Waals surface area contributed by atoms with Crippen molar-refractivity contribution in [3.8, 4) is 24.2 Å². The zero-order valence-corrected chi connectivity index (χ0v) is 8.31. The van der Waals surface area contributed by atoms with Crippen LogP contribution in [0.1, 0.15) is 6.92 Å². The Morgan fingerprint density at radius 1 is 1.79 bits per heavy atom. The molecule has 1 nitrogen and oxygen atoms in total. The average Bonchev–Trinajstić information content (AvgIpc) is 2.33.